The van der Waals surface area contributed by atoms with Gasteiger partial charge in [-0.15, -0.1) is 0 Å². The lowest BCUT2D eigenvalue weighted by Gasteiger charge is -2.60. The van der Waals surface area contributed by atoms with Gasteiger partial charge in [-0.2, -0.15) is 0 Å². The molecule has 104 valence electrons. The van der Waals surface area contributed by atoms with Crippen LogP contribution in [0.4, 0.5) is 0 Å². The number of oxazole rings is 1. The molecule has 0 atom stereocenters. The molecule has 19 heavy (non-hydrogen) atoms. The molecule has 0 unspecified atom stereocenters. The molecular weight excluding hydrogens is 244 g/mol. The SMILES string of the molecule is Cc1ncoc1C(=O)NCC1(CO)CC2(CCC2)C1. The second kappa shape index (κ2) is 4.34. The summed E-state index contributed by atoms with van der Waals surface area (Å²) in [6.45, 7) is 2.40. The lowest BCUT2D eigenvalue weighted by atomic mass is 9.45. The predicted octanol–water partition coefficient (Wildman–Crippen LogP) is 1.66. The van der Waals surface area contributed by atoms with E-state index in [0.717, 1.165) is 12.8 Å². The van der Waals surface area contributed by atoms with Crippen molar-refractivity contribution >= 4 is 5.91 Å². The Morgan fingerprint density at radius 1 is 1.53 bits per heavy atom. The first-order valence-corrected chi connectivity index (χ1v) is 6.87. The van der Waals surface area contributed by atoms with Crippen LogP contribution >= 0.6 is 0 Å². The number of amides is 1. The molecule has 2 aliphatic carbocycles. The minimum absolute atomic E-state index is 0.121. The molecule has 1 heterocycles. The van der Waals surface area contributed by atoms with Gasteiger partial charge in [-0.05, 0) is 38.0 Å². The van der Waals surface area contributed by atoms with Gasteiger partial charge >= 0.3 is 0 Å². The Morgan fingerprint density at radius 2 is 2.26 bits per heavy atom. The molecule has 0 saturated heterocycles. The van der Waals surface area contributed by atoms with Gasteiger partial charge in [-0.3, -0.25) is 4.79 Å². The molecule has 1 amide bonds. The summed E-state index contributed by atoms with van der Waals surface area (Å²) in [5.74, 6) is 0.0307. The normalized spacial score (nSPS) is 22.6. The van der Waals surface area contributed by atoms with Crippen LogP contribution in [0.2, 0.25) is 0 Å². The van der Waals surface area contributed by atoms with E-state index in [1.807, 2.05) is 0 Å². The summed E-state index contributed by atoms with van der Waals surface area (Å²) in [6.07, 6.45) is 7.22. The molecule has 2 fully saturated rings. The topological polar surface area (TPSA) is 75.4 Å². The van der Waals surface area contributed by atoms with Crippen LogP contribution in [-0.4, -0.2) is 29.1 Å². The number of aliphatic hydroxyl groups is 1. The zero-order valence-corrected chi connectivity index (χ0v) is 11.2. The van der Waals surface area contributed by atoms with Crippen LogP contribution in [0.3, 0.4) is 0 Å². The largest absolute Gasteiger partial charge is 0.438 e. The molecule has 2 saturated carbocycles. The summed E-state index contributed by atoms with van der Waals surface area (Å²) in [6, 6.07) is 0. The fourth-order valence-electron chi connectivity index (χ4n) is 3.73. The second-order valence-electron chi connectivity index (χ2n) is 6.31. The summed E-state index contributed by atoms with van der Waals surface area (Å²) >= 11 is 0. The van der Waals surface area contributed by atoms with E-state index in [9.17, 15) is 9.90 Å². The van der Waals surface area contributed by atoms with Gasteiger partial charge in [0.1, 0.15) is 0 Å². The van der Waals surface area contributed by atoms with Crippen molar-refractivity contribution in [1.82, 2.24) is 10.3 Å². The number of carbonyl (C=O) groups excluding carboxylic acids is 1. The molecule has 1 spiro atoms. The molecule has 1 aromatic heterocycles. The first kappa shape index (κ1) is 12.7. The Balaban J connectivity index is 1.57. The Bertz CT molecular complexity index is 483. The molecule has 5 heteroatoms. The second-order valence-corrected chi connectivity index (χ2v) is 6.31. The Morgan fingerprint density at radius 3 is 2.74 bits per heavy atom. The van der Waals surface area contributed by atoms with Crippen molar-refractivity contribution in [2.75, 3.05) is 13.2 Å². The van der Waals surface area contributed by atoms with Crippen LogP contribution < -0.4 is 5.32 Å². The number of nitrogens with one attached hydrogen (secondary N) is 1. The quantitative estimate of drug-likeness (QED) is 0.867. The zero-order chi connectivity index (χ0) is 13.5. The number of nitrogens with zero attached hydrogens (tertiary/aromatic N) is 1. The van der Waals surface area contributed by atoms with Gasteiger partial charge < -0.3 is 14.8 Å². The molecular formula is C14H20N2O3. The van der Waals surface area contributed by atoms with Crippen LogP contribution in [0.1, 0.15) is 48.4 Å². The van der Waals surface area contributed by atoms with Gasteiger partial charge in [0.05, 0.1) is 12.3 Å². The van der Waals surface area contributed by atoms with Crippen LogP contribution in [0.15, 0.2) is 10.8 Å². The highest BCUT2D eigenvalue weighted by Crippen LogP contribution is 2.63. The van der Waals surface area contributed by atoms with Gasteiger partial charge in [0.15, 0.2) is 6.39 Å². The lowest BCUT2D eigenvalue weighted by Crippen LogP contribution is -2.57. The summed E-state index contributed by atoms with van der Waals surface area (Å²) in [5.41, 5.74) is 0.958. The monoisotopic (exact) mass is 264 g/mol. The number of carbonyl (C=O) groups is 1. The van der Waals surface area contributed by atoms with E-state index in [-0.39, 0.29) is 23.7 Å². The number of hydrogen-bond acceptors (Lipinski definition) is 4. The minimum Gasteiger partial charge on any atom is -0.438 e. The Labute approximate surface area is 112 Å². The molecule has 0 aliphatic heterocycles. The minimum atomic E-state index is -0.239. The molecule has 0 radical (unpaired) electrons. The van der Waals surface area contributed by atoms with Crippen LogP contribution in [0.25, 0.3) is 0 Å². The van der Waals surface area contributed by atoms with E-state index < -0.39 is 0 Å². The van der Waals surface area contributed by atoms with Gasteiger partial charge in [-0.1, -0.05) is 6.42 Å². The third kappa shape index (κ3) is 2.06. The van der Waals surface area contributed by atoms with Crippen molar-refractivity contribution in [3.63, 3.8) is 0 Å². The summed E-state index contributed by atoms with van der Waals surface area (Å²) in [4.78, 5) is 15.9. The van der Waals surface area contributed by atoms with Gasteiger partial charge in [-0.25, -0.2) is 4.98 Å². The first-order chi connectivity index (χ1) is 9.08. The molecule has 2 aliphatic rings. The van der Waals surface area contributed by atoms with E-state index in [0.29, 0.717) is 17.7 Å². The predicted molar refractivity (Wildman–Crippen MR) is 68.6 cm³/mol. The standard InChI is InChI=1S/C14H20N2O3/c1-10-11(19-9-16-10)12(18)15-7-14(8-17)5-13(6-14)3-2-4-13/h9,17H,2-8H2,1H3,(H,15,18). The number of aromatic nitrogens is 1. The maximum absolute atomic E-state index is 11.9. The molecule has 0 aromatic carbocycles. The summed E-state index contributed by atoms with van der Waals surface area (Å²) in [7, 11) is 0. The molecule has 3 rings (SSSR count). The van der Waals surface area contributed by atoms with Crippen LogP contribution in [0.5, 0.6) is 0 Å². The maximum atomic E-state index is 11.9. The van der Waals surface area contributed by atoms with Crippen LogP contribution in [0, 0.1) is 17.8 Å². The van der Waals surface area contributed by atoms with Crippen molar-refractivity contribution in [2.45, 2.75) is 39.0 Å². The molecule has 5 nitrogen and oxygen atoms in total. The van der Waals surface area contributed by atoms with Crippen molar-refractivity contribution in [2.24, 2.45) is 10.8 Å². The van der Waals surface area contributed by atoms with Crippen molar-refractivity contribution in [3.8, 4) is 0 Å². The Hall–Kier alpha value is -1.36. The fourth-order valence-corrected chi connectivity index (χ4v) is 3.73. The highest BCUT2D eigenvalue weighted by atomic mass is 16.3. The van der Waals surface area contributed by atoms with E-state index >= 15 is 0 Å². The molecule has 2 N–H and O–H groups in total. The first-order valence-electron chi connectivity index (χ1n) is 6.87. The third-order valence-corrected chi connectivity index (χ3v) is 4.83. The highest BCUT2D eigenvalue weighted by Gasteiger charge is 2.56. The van der Waals surface area contributed by atoms with Crippen molar-refractivity contribution < 1.29 is 14.3 Å². The van der Waals surface area contributed by atoms with Gasteiger partial charge in [0.2, 0.25) is 5.76 Å². The van der Waals surface area contributed by atoms with E-state index in [1.165, 1.54) is 25.7 Å². The maximum Gasteiger partial charge on any atom is 0.289 e. The van der Waals surface area contributed by atoms with E-state index in [4.69, 9.17) is 4.42 Å². The molecule has 1 aromatic rings. The van der Waals surface area contributed by atoms with Gasteiger partial charge in [0.25, 0.3) is 5.91 Å². The number of aryl methyl sites for hydroxylation is 1. The summed E-state index contributed by atoms with van der Waals surface area (Å²) < 4.78 is 5.06. The number of aliphatic hydroxyl groups excluding tert-OH is 1. The van der Waals surface area contributed by atoms with E-state index in [1.54, 1.807) is 6.92 Å². The zero-order valence-electron chi connectivity index (χ0n) is 11.2. The average Bonchev–Trinajstić information content (AvgIpc) is 2.72. The fraction of sp³-hybridized carbons (Fsp3) is 0.714. The highest BCUT2D eigenvalue weighted by molar-refractivity contribution is 5.92. The van der Waals surface area contributed by atoms with E-state index in [2.05, 4.69) is 10.3 Å². The number of rotatable bonds is 4. The Kier molecular flexibility index (Phi) is 2.89. The lowest BCUT2D eigenvalue weighted by molar-refractivity contribution is -0.118. The van der Waals surface area contributed by atoms with Crippen molar-refractivity contribution in [3.05, 3.63) is 17.8 Å². The van der Waals surface area contributed by atoms with Gasteiger partial charge in [0, 0.05) is 12.0 Å². The van der Waals surface area contributed by atoms with Crippen molar-refractivity contribution in [1.29, 1.82) is 0 Å². The smallest absolute Gasteiger partial charge is 0.289 e. The van der Waals surface area contributed by atoms with Crippen LogP contribution in [-0.2, 0) is 0 Å². The third-order valence-electron chi connectivity index (χ3n) is 4.83. The summed E-state index contributed by atoms with van der Waals surface area (Å²) in [5, 5.41) is 12.5. The molecule has 0 bridgehead atoms. The number of hydrogen-bond donors (Lipinski definition) is 2. The average molecular weight is 264 g/mol.